The Kier molecular flexibility index (Phi) is 9.02. The summed E-state index contributed by atoms with van der Waals surface area (Å²) in [6.07, 6.45) is 3.68. The summed E-state index contributed by atoms with van der Waals surface area (Å²) in [6, 6.07) is 0.405. The van der Waals surface area contributed by atoms with Gasteiger partial charge < -0.3 is 15.8 Å². The Hall–Kier alpha value is -0.190. The zero-order valence-corrected chi connectivity index (χ0v) is 12.3. The molecule has 3 N–H and O–H groups in total. The highest BCUT2D eigenvalue weighted by atomic mass is 35.5. The minimum atomic E-state index is -0.430. The Labute approximate surface area is 116 Å². The van der Waals surface area contributed by atoms with Crippen molar-refractivity contribution in [3.63, 3.8) is 0 Å². The second-order valence-corrected chi connectivity index (χ2v) is 5.27. The molecule has 4 nitrogen and oxygen atoms in total. The molecule has 1 fully saturated rings. The first-order valence-electron chi connectivity index (χ1n) is 5.62. The van der Waals surface area contributed by atoms with Gasteiger partial charge in [-0.3, -0.25) is 0 Å². The van der Waals surface area contributed by atoms with Crippen LogP contribution in [0.1, 0.15) is 46.5 Å². The molecule has 0 saturated heterocycles. The molecule has 0 spiro atoms. The Morgan fingerprint density at radius 3 is 2.35 bits per heavy atom. The summed E-state index contributed by atoms with van der Waals surface area (Å²) in [4.78, 5) is 11.5. The fourth-order valence-electron chi connectivity index (χ4n) is 1.83. The van der Waals surface area contributed by atoms with Gasteiger partial charge in [-0.25, -0.2) is 4.79 Å². The molecule has 0 heterocycles. The van der Waals surface area contributed by atoms with Crippen LogP contribution in [-0.2, 0) is 4.74 Å². The van der Waals surface area contributed by atoms with E-state index in [0.717, 1.165) is 25.7 Å². The Bertz CT molecular complexity index is 232. The largest absolute Gasteiger partial charge is 0.444 e. The average molecular weight is 287 g/mol. The number of nitrogens with one attached hydrogen (secondary N) is 1. The van der Waals surface area contributed by atoms with Crippen molar-refractivity contribution >= 4 is 30.9 Å². The van der Waals surface area contributed by atoms with Crippen LogP contribution in [0.4, 0.5) is 4.79 Å². The van der Waals surface area contributed by atoms with E-state index in [1.165, 1.54) is 0 Å². The molecule has 0 aromatic carbocycles. The quantitative estimate of drug-likeness (QED) is 0.779. The topological polar surface area (TPSA) is 64.3 Å². The van der Waals surface area contributed by atoms with Crippen molar-refractivity contribution in [2.45, 2.75) is 64.1 Å². The molecule has 1 aliphatic carbocycles. The van der Waals surface area contributed by atoms with Gasteiger partial charge in [-0.05, 0) is 46.5 Å². The first-order valence-corrected chi connectivity index (χ1v) is 5.62. The number of amides is 1. The molecular formula is C11H24Cl2N2O2. The van der Waals surface area contributed by atoms with Crippen molar-refractivity contribution in [3.8, 4) is 0 Å². The maximum Gasteiger partial charge on any atom is 0.407 e. The van der Waals surface area contributed by atoms with Crippen LogP contribution in [0.2, 0.25) is 0 Å². The molecule has 0 aromatic heterocycles. The van der Waals surface area contributed by atoms with Crippen LogP contribution in [0.25, 0.3) is 0 Å². The summed E-state index contributed by atoms with van der Waals surface area (Å²) in [5.74, 6) is 0. The summed E-state index contributed by atoms with van der Waals surface area (Å²) >= 11 is 0. The first kappa shape index (κ1) is 19.2. The molecule has 0 unspecified atom stereocenters. The summed E-state index contributed by atoms with van der Waals surface area (Å²) < 4.78 is 5.18. The first-order chi connectivity index (χ1) is 6.87. The fraction of sp³-hybridized carbons (Fsp3) is 0.909. The van der Waals surface area contributed by atoms with Crippen LogP contribution >= 0.6 is 24.8 Å². The van der Waals surface area contributed by atoms with E-state index in [4.69, 9.17) is 10.5 Å². The molecule has 1 amide bonds. The number of carbonyl (C=O) groups is 1. The number of carbonyl (C=O) groups excluding carboxylic acids is 1. The normalized spacial score (nSPS) is 24.0. The summed E-state index contributed by atoms with van der Waals surface area (Å²) in [6.45, 7) is 5.58. The van der Waals surface area contributed by atoms with Crippen LogP contribution in [0, 0.1) is 0 Å². The number of halogens is 2. The van der Waals surface area contributed by atoms with Crippen molar-refractivity contribution in [2.75, 3.05) is 0 Å². The van der Waals surface area contributed by atoms with Gasteiger partial charge >= 0.3 is 6.09 Å². The lowest BCUT2D eigenvalue weighted by molar-refractivity contribution is 0.0491. The maximum atomic E-state index is 11.5. The van der Waals surface area contributed by atoms with Crippen LogP contribution in [-0.4, -0.2) is 23.8 Å². The third-order valence-corrected chi connectivity index (χ3v) is 2.44. The monoisotopic (exact) mass is 286 g/mol. The number of hydrogen-bond donors (Lipinski definition) is 2. The zero-order valence-electron chi connectivity index (χ0n) is 10.7. The second-order valence-electron chi connectivity index (χ2n) is 5.27. The predicted octanol–water partition coefficient (Wildman–Crippen LogP) is 2.62. The molecule has 0 aliphatic heterocycles. The standard InChI is InChI=1S/C11H22N2O2.2ClH/c1-11(2,3)15-10(14)13-9-6-4-5-8(12)7-9;;/h8-9H,4-7,12H2,1-3H3,(H,13,14);2*1H/t8-,9-;;/m1../s1. The number of alkyl carbamates (subject to hydrolysis) is 1. The lowest BCUT2D eigenvalue weighted by Gasteiger charge is -2.28. The summed E-state index contributed by atoms with van der Waals surface area (Å²) in [7, 11) is 0. The van der Waals surface area contributed by atoms with Crippen LogP contribution in [0.5, 0.6) is 0 Å². The minimum absolute atomic E-state index is 0. The molecule has 1 saturated carbocycles. The van der Waals surface area contributed by atoms with E-state index in [2.05, 4.69) is 5.32 Å². The van der Waals surface area contributed by atoms with Gasteiger partial charge in [-0.1, -0.05) is 0 Å². The van der Waals surface area contributed by atoms with E-state index in [-0.39, 0.29) is 43.0 Å². The van der Waals surface area contributed by atoms with E-state index < -0.39 is 5.60 Å². The average Bonchev–Trinajstić information content (AvgIpc) is 1.99. The fourth-order valence-corrected chi connectivity index (χ4v) is 1.83. The van der Waals surface area contributed by atoms with Crippen molar-refractivity contribution in [3.05, 3.63) is 0 Å². The van der Waals surface area contributed by atoms with Gasteiger partial charge in [0.25, 0.3) is 0 Å². The van der Waals surface area contributed by atoms with Gasteiger partial charge in [0.1, 0.15) is 5.60 Å². The Morgan fingerprint density at radius 1 is 1.29 bits per heavy atom. The van der Waals surface area contributed by atoms with E-state index in [1.807, 2.05) is 20.8 Å². The summed E-state index contributed by atoms with van der Waals surface area (Å²) in [5.41, 5.74) is 5.41. The SMILES string of the molecule is CC(C)(C)OC(=O)N[C@@H]1CCC[C@@H](N)C1.Cl.Cl. The molecule has 1 rings (SSSR count). The zero-order chi connectivity index (χ0) is 11.5. The highest BCUT2D eigenvalue weighted by Crippen LogP contribution is 2.17. The molecule has 0 radical (unpaired) electrons. The second kappa shape index (κ2) is 8.01. The Balaban J connectivity index is 0. The number of hydrogen-bond acceptors (Lipinski definition) is 3. The maximum absolute atomic E-state index is 11.5. The number of nitrogens with two attached hydrogens (primary N) is 1. The van der Waals surface area contributed by atoms with E-state index in [1.54, 1.807) is 0 Å². The van der Waals surface area contributed by atoms with Crippen molar-refractivity contribution < 1.29 is 9.53 Å². The highest BCUT2D eigenvalue weighted by Gasteiger charge is 2.23. The predicted molar refractivity (Wildman–Crippen MR) is 74.1 cm³/mol. The van der Waals surface area contributed by atoms with Crippen LogP contribution in [0.3, 0.4) is 0 Å². The van der Waals surface area contributed by atoms with Crippen molar-refractivity contribution in [1.29, 1.82) is 0 Å². The number of ether oxygens (including phenoxy) is 1. The van der Waals surface area contributed by atoms with Gasteiger partial charge in [0.05, 0.1) is 0 Å². The number of rotatable bonds is 1. The van der Waals surface area contributed by atoms with E-state index in [9.17, 15) is 4.79 Å². The van der Waals surface area contributed by atoms with Gasteiger partial charge in [-0.15, -0.1) is 24.8 Å². The molecule has 0 bridgehead atoms. The van der Waals surface area contributed by atoms with Gasteiger partial charge in [0.2, 0.25) is 0 Å². The van der Waals surface area contributed by atoms with Crippen molar-refractivity contribution in [2.24, 2.45) is 5.73 Å². The lowest BCUT2D eigenvalue weighted by atomic mass is 9.92. The van der Waals surface area contributed by atoms with Crippen molar-refractivity contribution in [1.82, 2.24) is 5.32 Å². The van der Waals surface area contributed by atoms with Gasteiger partial charge in [0.15, 0.2) is 0 Å². The van der Waals surface area contributed by atoms with Gasteiger partial charge in [-0.2, -0.15) is 0 Å². The van der Waals surface area contributed by atoms with Crippen LogP contribution in [0.15, 0.2) is 0 Å². The smallest absolute Gasteiger partial charge is 0.407 e. The summed E-state index contributed by atoms with van der Waals surface area (Å²) in [5, 5.41) is 2.86. The lowest BCUT2D eigenvalue weighted by Crippen LogP contribution is -2.44. The Morgan fingerprint density at radius 2 is 1.88 bits per heavy atom. The third-order valence-electron chi connectivity index (χ3n) is 2.44. The highest BCUT2D eigenvalue weighted by molar-refractivity contribution is 5.85. The minimum Gasteiger partial charge on any atom is -0.444 e. The molecule has 6 heteroatoms. The molecule has 2 atom stereocenters. The molecule has 104 valence electrons. The molecule has 0 aromatic rings. The molecule has 17 heavy (non-hydrogen) atoms. The van der Waals surface area contributed by atoms with E-state index in [0.29, 0.717) is 0 Å². The molecule has 1 aliphatic rings. The van der Waals surface area contributed by atoms with E-state index >= 15 is 0 Å². The third kappa shape index (κ3) is 8.52. The van der Waals surface area contributed by atoms with Gasteiger partial charge in [0, 0.05) is 12.1 Å². The van der Waals surface area contributed by atoms with Crippen LogP contribution < -0.4 is 11.1 Å². The molecular weight excluding hydrogens is 263 g/mol.